The first-order valence-electron chi connectivity index (χ1n) is 7.39. The van der Waals surface area contributed by atoms with Crippen molar-refractivity contribution >= 4 is 0 Å². The Morgan fingerprint density at radius 3 is 2.53 bits per heavy atom. The molecule has 0 aliphatic carbocycles. The first-order valence-corrected chi connectivity index (χ1v) is 7.39. The second-order valence-corrected chi connectivity index (χ2v) is 5.62. The lowest BCUT2D eigenvalue weighted by Crippen LogP contribution is -2.38. The van der Waals surface area contributed by atoms with Crippen LogP contribution in [0.5, 0.6) is 0 Å². The lowest BCUT2D eigenvalue weighted by atomic mass is 9.96. The molecular weight excluding hydrogens is 212 g/mol. The van der Waals surface area contributed by atoms with Crippen LogP contribution in [0.3, 0.4) is 0 Å². The first kappa shape index (κ1) is 13.3. The molecule has 2 rings (SSSR count). The Bertz CT molecular complexity index is 196. The van der Waals surface area contributed by atoms with E-state index in [4.69, 9.17) is 4.74 Å². The normalized spacial score (nSPS) is 28.4. The van der Waals surface area contributed by atoms with Crippen LogP contribution in [-0.2, 0) is 4.74 Å². The van der Waals surface area contributed by atoms with Gasteiger partial charge in [0.25, 0.3) is 0 Å². The predicted octanol–water partition coefficient (Wildman–Crippen LogP) is 1.73. The molecule has 0 aromatic rings. The van der Waals surface area contributed by atoms with Crippen LogP contribution in [0.1, 0.15) is 32.6 Å². The Morgan fingerprint density at radius 2 is 1.88 bits per heavy atom. The highest BCUT2D eigenvalue weighted by Gasteiger charge is 2.18. The van der Waals surface area contributed by atoms with Gasteiger partial charge in [0.2, 0.25) is 0 Å². The lowest BCUT2D eigenvalue weighted by Gasteiger charge is -2.31. The summed E-state index contributed by atoms with van der Waals surface area (Å²) >= 11 is 0. The van der Waals surface area contributed by atoms with Gasteiger partial charge in [0.15, 0.2) is 0 Å². The van der Waals surface area contributed by atoms with Crippen LogP contribution >= 0.6 is 0 Å². The van der Waals surface area contributed by atoms with Crippen LogP contribution in [0, 0.1) is 11.8 Å². The van der Waals surface area contributed by atoms with Crippen LogP contribution < -0.4 is 5.32 Å². The maximum atomic E-state index is 5.51. The van der Waals surface area contributed by atoms with Crippen molar-refractivity contribution in [3.05, 3.63) is 0 Å². The second-order valence-electron chi connectivity index (χ2n) is 5.62. The smallest absolute Gasteiger partial charge is 0.0506 e. The second kappa shape index (κ2) is 7.34. The molecule has 2 fully saturated rings. The largest absolute Gasteiger partial charge is 0.381 e. The van der Waals surface area contributed by atoms with Crippen molar-refractivity contribution < 1.29 is 4.74 Å². The fourth-order valence-corrected chi connectivity index (χ4v) is 2.97. The molecule has 2 heterocycles. The molecule has 0 saturated carbocycles. The van der Waals surface area contributed by atoms with Crippen LogP contribution in [-0.4, -0.2) is 50.8 Å². The number of hydrogen-bond donors (Lipinski definition) is 1. The Balaban J connectivity index is 1.53. The summed E-state index contributed by atoms with van der Waals surface area (Å²) < 4.78 is 5.51. The van der Waals surface area contributed by atoms with Gasteiger partial charge in [0.1, 0.15) is 0 Å². The molecule has 0 aromatic carbocycles. The van der Waals surface area contributed by atoms with Crippen molar-refractivity contribution in [2.75, 3.05) is 45.9 Å². The van der Waals surface area contributed by atoms with E-state index in [0.717, 1.165) is 31.6 Å². The van der Waals surface area contributed by atoms with Crippen molar-refractivity contribution in [1.82, 2.24) is 10.2 Å². The molecule has 100 valence electrons. The van der Waals surface area contributed by atoms with E-state index in [1.807, 2.05) is 0 Å². The van der Waals surface area contributed by atoms with Gasteiger partial charge in [0, 0.05) is 13.2 Å². The van der Waals surface area contributed by atoms with Gasteiger partial charge in [-0.2, -0.15) is 0 Å². The van der Waals surface area contributed by atoms with Gasteiger partial charge in [-0.15, -0.1) is 0 Å². The molecule has 0 aromatic heterocycles. The molecule has 3 heteroatoms. The number of ether oxygens (including phenoxy) is 1. The fourth-order valence-electron chi connectivity index (χ4n) is 2.97. The third-order valence-corrected chi connectivity index (χ3v) is 4.27. The SMILES string of the molecule is CCN1CCC(CNCC2CCCOC2)CC1. The van der Waals surface area contributed by atoms with E-state index in [2.05, 4.69) is 17.1 Å². The van der Waals surface area contributed by atoms with Crippen LogP contribution in [0.25, 0.3) is 0 Å². The third kappa shape index (κ3) is 4.57. The summed E-state index contributed by atoms with van der Waals surface area (Å²) in [6, 6.07) is 0. The van der Waals surface area contributed by atoms with Crippen molar-refractivity contribution in [2.24, 2.45) is 11.8 Å². The zero-order chi connectivity index (χ0) is 11.9. The minimum absolute atomic E-state index is 0.763. The minimum atomic E-state index is 0.763. The summed E-state index contributed by atoms with van der Waals surface area (Å²) in [5, 5.41) is 3.66. The minimum Gasteiger partial charge on any atom is -0.381 e. The third-order valence-electron chi connectivity index (χ3n) is 4.27. The zero-order valence-corrected chi connectivity index (χ0v) is 11.3. The molecule has 2 saturated heterocycles. The predicted molar refractivity (Wildman–Crippen MR) is 71.3 cm³/mol. The molecule has 0 spiro atoms. The van der Waals surface area contributed by atoms with Crippen molar-refractivity contribution in [3.8, 4) is 0 Å². The molecule has 0 bridgehead atoms. The van der Waals surface area contributed by atoms with Gasteiger partial charge >= 0.3 is 0 Å². The van der Waals surface area contributed by atoms with Crippen molar-refractivity contribution in [2.45, 2.75) is 32.6 Å². The topological polar surface area (TPSA) is 24.5 Å². The summed E-state index contributed by atoms with van der Waals surface area (Å²) in [5.41, 5.74) is 0. The van der Waals surface area contributed by atoms with Crippen molar-refractivity contribution in [1.29, 1.82) is 0 Å². The standard InChI is InChI=1S/C14H28N2O/c1-2-16-7-5-13(6-8-16)10-15-11-14-4-3-9-17-12-14/h13-15H,2-12H2,1H3. The average Bonchev–Trinajstić information content (AvgIpc) is 2.41. The number of piperidine rings is 1. The zero-order valence-electron chi connectivity index (χ0n) is 11.3. The monoisotopic (exact) mass is 240 g/mol. The molecular formula is C14H28N2O. The Hall–Kier alpha value is -0.120. The number of nitrogens with zero attached hydrogens (tertiary/aromatic N) is 1. The highest BCUT2D eigenvalue weighted by molar-refractivity contribution is 4.74. The van der Waals surface area contributed by atoms with E-state index in [-0.39, 0.29) is 0 Å². The Labute approximate surface area is 106 Å². The van der Waals surface area contributed by atoms with Gasteiger partial charge in [-0.3, -0.25) is 0 Å². The van der Waals surface area contributed by atoms with E-state index < -0.39 is 0 Å². The molecule has 0 amide bonds. The molecule has 1 N–H and O–H groups in total. The molecule has 3 nitrogen and oxygen atoms in total. The number of rotatable bonds is 5. The van der Waals surface area contributed by atoms with Crippen LogP contribution in [0.2, 0.25) is 0 Å². The number of nitrogens with one attached hydrogen (secondary N) is 1. The highest BCUT2D eigenvalue weighted by atomic mass is 16.5. The van der Waals surface area contributed by atoms with E-state index in [0.29, 0.717) is 0 Å². The summed E-state index contributed by atoms with van der Waals surface area (Å²) in [6.45, 7) is 10.4. The Kier molecular flexibility index (Phi) is 5.75. The van der Waals surface area contributed by atoms with Gasteiger partial charge < -0.3 is 15.0 Å². The number of likely N-dealkylation sites (tertiary alicyclic amines) is 1. The van der Waals surface area contributed by atoms with Crippen LogP contribution in [0.15, 0.2) is 0 Å². The molecule has 2 aliphatic rings. The van der Waals surface area contributed by atoms with E-state index in [9.17, 15) is 0 Å². The summed E-state index contributed by atoms with van der Waals surface area (Å²) in [4.78, 5) is 2.56. The molecule has 1 atom stereocenters. The molecule has 1 unspecified atom stereocenters. The van der Waals surface area contributed by atoms with Gasteiger partial charge in [-0.25, -0.2) is 0 Å². The number of hydrogen-bond acceptors (Lipinski definition) is 3. The van der Waals surface area contributed by atoms with Gasteiger partial charge in [0.05, 0.1) is 6.61 Å². The van der Waals surface area contributed by atoms with E-state index >= 15 is 0 Å². The van der Waals surface area contributed by atoms with Crippen LogP contribution in [0.4, 0.5) is 0 Å². The summed E-state index contributed by atoms with van der Waals surface area (Å²) in [7, 11) is 0. The molecule has 17 heavy (non-hydrogen) atoms. The quantitative estimate of drug-likeness (QED) is 0.792. The highest BCUT2D eigenvalue weighted by Crippen LogP contribution is 2.16. The van der Waals surface area contributed by atoms with Gasteiger partial charge in [-0.1, -0.05) is 6.92 Å². The maximum Gasteiger partial charge on any atom is 0.0506 e. The lowest BCUT2D eigenvalue weighted by molar-refractivity contribution is 0.0541. The average molecular weight is 240 g/mol. The molecule has 2 aliphatic heterocycles. The summed E-state index contributed by atoms with van der Waals surface area (Å²) in [6.07, 6.45) is 5.35. The maximum absolute atomic E-state index is 5.51. The van der Waals surface area contributed by atoms with Crippen molar-refractivity contribution in [3.63, 3.8) is 0 Å². The first-order chi connectivity index (χ1) is 8.38. The molecule has 0 radical (unpaired) electrons. The Morgan fingerprint density at radius 1 is 1.12 bits per heavy atom. The van der Waals surface area contributed by atoms with Gasteiger partial charge in [-0.05, 0) is 63.7 Å². The van der Waals surface area contributed by atoms with E-state index in [1.165, 1.54) is 51.9 Å². The van der Waals surface area contributed by atoms with E-state index in [1.54, 1.807) is 0 Å². The summed E-state index contributed by atoms with van der Waals surface area (Å²) in [5.74, 6) is 1.67. The fraction of sp³-hybridized carbons (Fsp3) is 1.00.